The highest BCUT2D eigenvalue weighted by atomic mass is 79.9. The van der Waals surface area contributed by atoms with E-state index in [1.165, 1.54) is 11.3 Å². The third-order valence-electron chi connectivity index (χ3n) is 2.05. The molecule has 0 aliphatic heterocycles. The van der Waals surface area contributed by atoms with Gasteiger partial charge in [-0.3, -0.25) is 0 Å². The van der Waals surface area contributed by atoms with Crippen molar-refractivity contribution >= 4 is 44.7 Å². The summed E-state index contributed by atoms with van der Waals surface area (Å²) in [5, 5.41) is 3.03. The summed E-state index contributed by atoms with van der Waals surface area (Å²) in [6.07, 6.45) is 0. The van der Waals surface area contributed by atoms with E-state index in [-0.39, 0.29) is 0 Å². The van der Waals surface area contributed by atoms with Crippen molar-refractivity contribution in [2.24, 2.45) is 0 Å². The molecule has 2 aromatic rings. The van der Waals surface area contributed by atoms with Gasteiger partial charge in [-0.1, -0.05) is 11.6 Å². The van der Waals surface area contributed by atoms with Gasteiger partial charge in [0, 0.05) is 7.05 Å². The van der Waals surface area contributed by atoms with Gasteiger partial charge in [0.25, 0.3) is 0 Å². The summed E-state index contributed by atoms with van der Waals surface area (Å²) in [4.78, 5) is 9.81. The van der Waals surface area contributed by atoms with Crippen molar-refractivity contribution in [3.8, 4) is 10.7 Å². The van der Waals surface area contributed by atoms with Crippen LogP contribution in [0.2, 0.25) is 4.34 Å². The Morgan fingerprint density at radius 1 is 1.38 bits per heavy atom. The van der Waals surface area contributed by atoms with Gasteiger partial charge in [-0.05, 0) is 35.0 Å². The second-order valence-corrected chi connectivity index (χ2v) is 5.66. The van der Waals surface area contributed by atoms with Crippen LogP contribution in [0, 0.1) is 6.92 Å². The molecule has 0 aliphatic rings. The van der Waals surface area contributed by atoms with Crippen LogP contribution in [0.25, 0.3) is 10.7 Å². The maximum absolute atomic E-state index is 5.89. The lowest BCUT2D eigenvalue weighted by Crippen LogP contribution is -1.99. The molecule has 1 N–H and O–H groups in total. The summed E-state index contributed by atoms with van der Waals surface area (Å²) in [5.41, 5.74) is 0.902. The Labute approximate surface area is 111 Å². The fourth-order valence-corrected chi connectivity index (χ4v) is 2.62. The van der Waals surface area contributed by atoms with E-state index in [9.17, 15) is 0 Å². The first kappa shape index (κ1) is 11.8. The molecule has 0 amide bonds. The number of nitrogens with one attached hydrogen (secondary N) is 1. The van der Waals surface area contributed by atoms with Crippen LogP contribution in [-0.2, 0) is 0 Å². The molecular formula is C10H9BrClN3S. The fourth-order valence-electron chi connectivity index (χ4n) is 1.27. The van der Waals surface area contributed by atoms with Gasteiger partial charge >= 0.3 is 0 Å². The summed E-state index contributed by atoms with van der Waals surface area (Å²) in [7, 11) is 1.83. The van der Waals surface area contributed by atoms with Crippen molar-refractivity contribution in [1.82, 2.24) is 9.97 Å². The van der Waals surface area contributed by atoms with Gasteiger partial charge < -0.3 is 5.32 Å². The molecule has 6 heteroatoms. The average Bonchev–Trinajstić information content (AvgIpc) is 2.69. The van der Waals surface area contributed by atoms with Crippen LogP contribution in [0.5, 0.6) is 0 Å². The van der Waals surface area contributed by atoms with E-state index in [0.717, 1.165) is 25.2 Å². The van der Waals surface area contributed by atoms with E-state index >= 15 is 0 Å². The monoisotopic (exact) mass is 317 g/mol. The summed E-state index contributed by atoms with van der Waals surface area (Å²) < 4.78 is 1.63. The number of rotatable bonds is 2. The third-order valence-corrected chi connectivity index (χ3v) is 4.22. The zero-order valence-corrected chi connectivity index (χ0v) is 11.9. The van der Waals surface area contributed by atoms with Gasteiger partial charge in [0.05, 0.1) is 19.4 Å². The molecule has 16 heavy (non-hydrogen) atoms. The molecular weight excluding hydrogens is 310 g/mol. The SMILES string of the molecule is CNc1nc(-c2ccc(Cl)s2)nc(C)c1Br. The number of nitrogens with zero attached hydrogens (tertiary/aromatic N) is 2. The number of thiophene rings is 1. The minimum absolute atomic E-state index is 0.696. The van der Waals surface area contributed by atoms with Crippen LogP contribution in [0.15, 0.2) is 16.6 Å². The summed E-state index contributed by atoms with van der Waals surface area (Å²) in [6, 6.07) is 3.77. The maximum atomic E-state index is 5.89. The van der Waals surface area contributed by atoms with Crippen LogP contribution in [0.1, 0.15) is 5.69 Å². The Hall–Kier alpha value is -0.650. The topological polar surface area (TPSA) is 37.8 Å². The second-order valence-electron chi connectivity index (χ2n) is 3.15. The van der Waals surface area contributed by atoms with Gasteiger partial charge in [0.15, 0.2) is 5.82 Å². The Morgan fingerprint density at radius 3 is 2.69 bits per heavy atom. The minimum atomic E-state index is 0.696. The molecule has 0 saturated carbocycles. The Kier molecular flexibility index (Phi) is 3.47. The van der Waals surface area contributed by atoms with E-state index in [0.29, 0.717) is 5.82 Å². The van der Waals surface area contributed by atoms with Crippen molar-refractivity contribution in [2.75, 3.05) is 12.4 Å². The number of halogens is 2. The highest BCUT2D eigenvalue weighted by Crippen LogP contribution is 2.31. The largest absolute Gasteiger partial charge is 0.372 e. The molecule has 3 nitrogen and oxygen atoms in total. The molecule has 0 aliphatic carbocycles. The lowest BCUT2D eigenvalue weighted by Gasteiger charge is -2.07. The van der Waals surface area contributed by atoms with Gasteiger partial charge in [-0.25, -0.2) is 9.97 Å². The van der Waals surface area contributed by atoms with E-state index in [1.54, 1.807) is 0 Å². The highest BCUT2D eigenvalue weighted by molar-refractivity contribution is 9.10. The van der Waals surface area contributed by atoms with E-state index < -0.39 is 0 Å². The van der Waals surface area contributed by atoms with E-state index in [1.807, 2.05) is 26.1 Å². The van der Waals surface area contributed by atoms with Crippen LogP contribution >= 0.6 is 38.9 Å². The molecule has 2 heterocycles. The van der Waals surface area contributed by atoms with Crippen molar-refractivity contribution in [2.45, 2.75) is 6.92 Å². The number of aryl methyl sites for hydroxylation is 1. The van der Waals surface area contributed by atoms with Gasteiger partial charge in [0.1, 0.15) is 5.82 Å². The predicted molar refractivity (Wildman–Crippen MR) is 72.3 cm³/mol. The quantitative estimate of drug-likeness (QED) is 0.910. The van der Waals surface area contributed by atoms with Crippen molar-refractivity contribution in [3.63, 3.8) is 0 Å². The van der Waals surface area contributed by atoms with E-state index in [2.05, 4.69) is 31.2 Å². The zero-order valence-electron chi connectivity index (χ0n) is 8.71. The molecule has 0 bridgehead atoms. The Balaban J connectivity index is 2.54. The first-order valence-electron chi connectivity index (χ1n) is 4.59. The first-order valence-corrected chi connectivity index (χ1v) is 6.58. The smallest absolute Gasteiger partial charge is 0.171 e. The van der Waals surface area contributed by atoms with Crippen LogP contribution in [0.4, 0.5) is 5.82 Å². The molecule has 0 unspecified atom stereocenters. The molecule has 0 spiro atoms. The van der Waals surface area contributed by atoms with Crippen LogP contribution < -0.4 is 5.32 Å². The van der Waals surface area contributed by atoms with Crippen LogP contribution in [0.3, 0.4) is 0 Å². The lowest BCUT2D eigenvalue weighted by molar-refractivity contribution is 1.10. The van der Waals surface area contributed by atoms with Gasteiger partial charge in [0.2, 0.25) is 0 Å². The molecule has 0 saturated heterocycles. The average molecular weight is 319 g/mol. The normalized spacial score (nSPS) is 10.5. The molecule has 2 rings (SSSR count). The summed E-state index contributed by atoms with van der Waals surface area (Å²) in [5.74, 6) is 1.48. The zero-order chi connectivity index (χ0) is 11.7. The third kappa shape index (κ3) is 2.21. The summed E-state index contributed by atoms with van der Waals surface area (Å²) in [6.45, 7) is 1.94. The first-order chi connectivity index (χ1) is 7.61. The molecule has 0 fully saturated rings. The maximum Gasteiger partial charge on any atom is 0.171 e. The number of hydrogen-bond donors (Lipinski definition) is 1. The van der Waals surface area contributed by atoms with Crippen molar-refractivity contribution in [3.05, 3.63) is 26.6 Å². The molecule has 0 radical (unpaired) electrons. The number of anilines is 1. The molecule has 0 atom stereocenters. The Morgan fingerprint density at radius 2 is 2.12 bits per heavy atom. The Bertz CT molecular complexity index is 527. The lowest BCUT2D eigenvalue weighted by atomic mass is 10.3. The number of hydrogen-bond acceptors (Lipinski definition) is 4. The molecule has 0 aromatic carbocycles. The summed E-state index contributed by atoms with van der Waals surface area (Å²) >= 11 is 10.8. The fraction of sp³-hybridized carbons (Fsp3) is 0.200. The standard InChI is InChI=1S/C10H9BrClN3S/c1-5-8(11)10(13-2)15-9(14-5)6-3-4-7(12)16-6/h3-4H,1-2H3,(H,13,14,15). The van der Waals surface area contributed by atoms with Crippen molar-refractivity contribution < 1.29 is 0 Å². The number of aromatic nitrogens is 2. The minimum Gasteiger partial charge on any atom is -0.372 e. The van der Waals surface area contributed by atoms with Gasteiger partial charge in [-0.15, -0.1) is 11.3 Å². The van der Waals surface area contributed by atoms with Crippen molar-refractivity contribution in [1.29, 1.82) is 0 Å². The molecule has 2 aromatic heterocycles. The van der Waals surface area contributed by atoms with Gasteiger partial charge in [-0.2, -0.15) is 0 Å². The van der Waals surface area contributed by atoms with E-state index in [4.69, 9.17) is 11.6 Å². The highest BCUT2D eigenvalue weighted by Gasteiger charge is 2.11. The molecule has 84 valence electrons. The predicted octanol–water partition coefficient (Wildman–Crippen LogP) is 3.97. The van der Waals surface area contributed by atoms with Crippen LogP contribution in [-0.4, -0.2) is 17.0 Å². The second kappa shape index (κ2) is 4.69.